The summed E-state index contributed by atoms with van der Waals surface area (Å²) in [5, 5.41) is 24.2. The van der Waals surface area contributed by atoms with E-state index in [9.17, 15) is 10.4 Å². The molecule has 1 saturated heterocycles. The SMILES string of the molecule is COc1ccc(-c2nc(N/N=C/c3ccc(OC)c(O)c3)nc(N3CCOCC3)c2C#N)cc1. The van der Waals surface area contributed by atoms with Crippen molar-refractivity contribution in [2.24, 2.45) is 5.10 Å². The molecule has 0 amide bonds. The molecule has 2 aromatic carbocycles. The minimum atomic E-state index is 0.0115. The predicted octanol–water partition coefficient (Wildman–Crippen LogP) is 3.02. The third kappa shape index (κ3) is 5.00. The Hall–Kier alpha value is -4.36. The van der Waals surface area contributed by atoms with Crippen molar-refractivity contribution in [3.63, 3.8) is 0 Å². The number of phenols is 1. The zero-order valence-electron chi connectivity index (χ0n) is 18.9. The molecule has 1 fully saturated rings. The summed E-state index contributed by atoms with van der Waals surface area (Å²) in [5.41, 5.74) is 5.12. The highest BCUT2D eigenvalue weighted by Crippen LogP contribution is 2.31. The molecular weight excluding hydrogens is 436 g/mol. The number of anilines is 2. The second-order valence-electron chi connectivity index (χ2n) is 7.34. The number of hydrogen-bond acceptors (Lipinski definition) is 10. The van der Waals surface area contributed by atoms with Crippen molar-refractivity contribution in [3.8, 4) is 34.6 Å². The Kier molecular flexibility index (Phi) is 7.05. The molecule has 1 aromatic heterocycles. The largest absolute Gasteiger partial charge is 0.504 e. The van der Waals surface area contributed by atoms with Gasteiger partial charge in [-0.3, -0.25) is 0 Å². The van der Waals surface area contributed by atoms with Crippen molar-refractivity contribution in [2.75, 3.05) is 50.8 Å². The lowest BCUT2D eigenvalue weighted by molar-refractivity contribution is 0.122. The fourth-order valence-corrected chi connectivity index (χ4v) is 3.52. The van der Waals surface area contributed by atoms with E-state index in [1.54, 1.807) is 19.2 Å². The summed E-state index contributed by atoms with van der Waals surface area (Å²) in [7, 11) is 3.08. The summed E-state index contributed by atoms with van der Waals surface area (Å²) in [6.07, 6.45) is 1.53. The Balaban J connectivity index is 1.69. The summed E-state index contributed by atoms with van der Waals surface area (Å²) in [6, 6.07) is 14.5. The Morgan fingerprint density at radius 1 is 1.12 bits per heavy atom. The summed E-state index contributed by atoms with van der Waals surface area (Å²) in [4.78, 5) is 11.2. The normalized spacial score (nSPS) is 13.5. The number of nitrogens with zero attached hydrogens (tertiary/aromatic N) is 5. The molecular formula is C24H24N6O4. The highest BCUT2D eigenvalue weighted by atomic mass is 16.5. The Labute approximate surface area is 197 Å². The molecule has 0 bridgehead atoms. The molecule has 4 rings (SSSR count). The molecule has 174 valence electrons. The molecule has 0 radical (unpaired) electrons. The molecule has 10 heteroatoms. The van der Waals surface area contributed by atoms with Crippen molar-refractivity contribution in [1.29, 1.82) is 5.26 Å². The van der Waals surface area contributed by atoms with Gasteiger partial charge in [0.2, 0.25) is 5.95 Å². The van der Waals surface area contributed by atoms with Gasteiger partial charge in [0, 0.05) is 18.7 Å². The number of nitriles is 1. The van der Waals surface area contributed by atoms with Gasteiger partial charge in [-0.25, -0.2) is 10.4 Å². The number of rotatable bonds is 7. The van der Waals surface area contributed by atoms with Gasteiger partial charge in [-0.05, 0) is 48.0 Å². The number of ether oxygens (including phenoxy) is 3. The summed E-state index contributed by atoms with van der Waals surface area (Å²) in [6.45, 7) is 2.33. The molecule has 34 heavy (non-hydrogen) atoms. The van der Waals surface area contributed by atoms with Crippen LogP contribution >= 0.6 is 0 Å². The molecule has 1 aliphatic rings. The predicted molar refractivity (Wildman–Crippen MR) is 128 cm³/mol. The number of nitrogens with one attached hydrogen (secondary N) is 1. The van der Waals surface area contributed by atoms with E-state index in [0.717, 1.165) is 5.56 Å². The molecule has 2 heterocycles. The van der Waals surface area contributed by atoms with Crippen LogP contribution in [0, 0.1) is 11.3 Å². The summed E-state index contributed by atoms with van der Waals surface area (Å²) >= 11 is 0. The van der Waals surface area contributed by atoms with E-state index in [2.05, 4.69) is 26.6 Å². The van der Waals surface area contributed by atoms with Crippen LogP contribution in [0.3, 0.4) is 0 Å². The van der Waals surface area contributed by atoms with Gasteiger partial charge < -0.3 is 24.2 Å². The van der Waals surface area contributed by atoms with Crippen LogP contribution in [-0.4, -0.2) is 61.8 Å². The lowest BCUT2D eigenvalue weighted by Crippen LogP contribution is -2.37. The monoisotopic (exact) mass is 460 g/mol. The number of aromatic nitrogens is 2. The van der Waals surface area contributed by atoms with Crippen LogP contribution in [-0.2, 0) is 4.74 Å². The van der Waals surface area contributed by atoms with Gasteiger partial charge in [-0.2, -0.15) is 15.3 Å². The minimum Gasteiger partial charge on any atom is -0.504 e. The molecule has 0 saturated carbocycles. The molecule has 2 N–H and O–H groups in total. The zero-order chi connectivity index (χ0) is 23.9. The van der Waals surface area contributed by atoms with Crippen molar-refractivity contribution in [2.45, 2.75) is 0 Å². The van der Waals surface area contributed by atoms with Crippen LogP contribution in [0.5, 0.6) is 17.2 Å². The zero-order valence-corrected chi connectivity index (χ0v) is 18.9. The van der Waals surface area contributed by atoms with E-state index in [-0.39, 0.29) is 11.7 Å². The van der Waals surface area contributed by atoms with Crippen LogP contribution in [0.2, 0.25) is 0 Å². The highest BCUT2D eigenvalue weighted by Gasteiger charge is 2.22. The Morgan fingerprint density at radius 2 is 1.88 bits per heavy atom. The first kappa shape index (κ1) is 22.8. The van der Waals surface area contributed by atoms with Gasteiger partial charge in [0.05, 0.1) is 39.3 Å². The number of hydrazone groups is 1. The number of methoxy groups -OCH3 is 2. The summed E-state index contributed by atoms with van der Waals surface area (Å²) in [5.74, 6) is 1.85. The standard InChI is InChI=1S/C24H24N6O4/c1-32-18-6-4-17(5-7-18)22-19(14-25)23(30-9-11-34-12-10-30)28-24(27-22)29-26-15-16-3-8-21(33-2)20(31)13-16/h3-8,13,15,31H,9-12H2,1-2H3,(H,27,28,29)/b26-15+. The first-order chi connectivity index (χ1) is 16.6. The van der Waals surface area contributed by atoms with Gasteiger partial charge in [-0.1, -0.05) is 0 Å². The van der Waals surface area contributed by atoms with Crippen LogP contribution in [0.4, 0.5) is 11.8 Å². The maximum Gasteiger partial charge on any atom is 0.246 e. The Bertz CT molecular complexity index is 1220. The van der Waals surface area contributed by atoms with E-state index in [1.165, 1.54) is 19.4 Å². The molecule has 3 aromatic rings. The average molecular weight is 460 g/mol. The van der Waals surface area contributed by atoms with Crippen LogP contribution in [0.25, 0.3) is 11.3 Å². The number of hydrogen-bond donors (Lipinski definition) is 2. The maximum atomic E-state index is 9.98. The topological polar surface area (TPSA) is 125 Å². The second kappa shape index (κ2) is 10.5. The number of morpholine rings is 1. The van der Waals surface area contributed by atoms with Crippen LogP contribution in [0.15, 0.2) is 47.6 Å². The van der Waals surface area contributed by atoms with Gasteiger partial charge in [-0.15, -0.1) is 0 Å². The van der Waals surface area contributed by atoms with E-state index >= 15 is 0 Å². The van der Waals surface area contributed by atoms with E-state index in [0.29, 0.717) is 60.4 Å². The second-order valence-corrected chi connectivity index (χ2v) is 7.34. The van der Waals surface area contributed by atoms with E-state index < -0.39 is 0 Å². The highest BCUT2D eigenvalue weighted by molar-refractivity contribution is 5.81. The molecule has 0 spiro atoms. The average Bonchev–Trinajstić information content (AvgIpc) is 2.89. The van der Waals surface area contributed by atoms with Gasteiger partial charge in [0.1, 0.15) is 17.4 Å². The first-order valence-electron chi connectivity index (χ1n) is 10.6. The van der Waals surface area contributed by atoms with Crippen LogP contribution < -0.4 is 19.8 Å². The quantitative estimate of drug-likeness (QED) is 0.404. The lowest BCUT2D eigenvalue weighted by Gasteiger charge is -2.29. The van der Waals surface area contributed by atoms with Gasteiger partial charge >= 0.3 is 0 Å². The fraction of sp³-hybridized carbons (Fsp3) is 0.250. The fourth-order valence-electron chi connectivity index (χ4n) is 3.52. The van der Waals surface area contributed by atoms with Crippen molar-refractivity contribution in [1.82, 2.24) is 9.97 Å². The minimum absolute atomic E-state index is 0.0115. The molecule has 1 aliphatic heterocycles. The summed E-state index contributed by atoms with van der Waals surface area (Å²) < 4.78 is 15.8. The van der Waals surface area contributed by atoms with Crippen LogP contribution in [0.1, 0.15) is 11.1 Å². The third-order valence-corrected chi connectivity index (χ3v) is 5.26. The molecule has 0 atom stereocenters. The van der Waals surface area contributed by atoms with Crippen molar-refractivity contribution >= 4 is 18.0 Å². The van der Waals surface area contributed by atoms with Crippen molar-refractivity contribution in [3.05, 3.63) is 53.6 Å². The molecule has 0 aliphatic carbocycles. The number of aromatic hydroxyl groups is 1. The lowest BCUT2D eigenvalue weighted by atomic mass is 10.1. The Morgan fingerprint density at radius 3 is 2.53 bits per heavy atom. The van der Waals surface area contributed by atoms with Crippen molar-refractivity contribution < 1.29 is 19.3 Å². The van der Waals surface area contributed by atoms with E-state index in [1.807, 2.05) is 29.2 Å². The smallest absolute Gasteiger partial charge is 0.246 e. The first-order valence-corrected chi connectivity index (χ1v) is 10.6. The number of benzene rings is 2. The molecule has 0 unspecified atom stereocenters. The molecule has 10 nitrogen and oxygen atoms in total. The van der Waals surface area contributed by atoms with E-state index in [4.69, 9.17) is 14.2 Å². The van der Waals surface area contributed by atoms with Gasteiger partial charge in [0.15, 0.2) is 17.3 Å². The maximum absolute atomic E-state index is 9.98. The third-order valence-electron chi connectivity index (χ3n) is 5.26. The van der Waals surface area contributed by atoms with Gasteiger partial charge in [0.25, 0.3) is 0 Å². The number of phenolic OH excluding ortho intramolecular Hbond substituents is 1.